The Labute approximate surface area is 118 Å². The van der Waals surface area contributed by atoms with Gasteiger partial charge in [0, 0.05) is 6.42 Å². The number of aldehydes is 1. The second-order valence-corrected chi connectivity index (χ2v) is 5.84. The lowest BCUT2D eigenvalue weighted by Gasteiger charge is -2.24. The van der Waals surface area contributed by atoms with E-state index in [9.17, 15) is 4.79 Å². The van der Waals surface area contributed by atoms with E-state index in [1.165, 1.54) is 11.5 Å². The van der Waals surface area contributed by atoms with Crippen LogP contribution in [0, 0.1) is 0 Å². The summed E-state index contributed by atoms with van der Waals surface area (Å²) in [4.78, 5) is 10.4. The van der Waals surface area contributed by atoms with Crippen molar-refractivity contribution in [1.82, 2.24) is 0 Å². The van der Waals surface area contributed by atoms with Crippen molar-refractivity contribution in [2.45, 2.75) is 31.8 Å². The van der Waals surface area contributed by atoms with Crippen molar-refractivity contribution in [2.75, 3.05) is 18.6 Å². The predicted octanol–water partition coefficient (Wildman–Crippen LogP) is 3.10. The number of hydrogen-bond donors (Lipinski definition) is 0. The van der Waals surface area contributed by atoms with E-state index < -0.39 is 0 Å². The molecule has 3 nitrogen and oxygen atoms in total. The highest BCUT2D eigenvalue weighted by atomic mass is 32.2. The van der Waals surface area contributed by atoms with E-state index in [-0.39, 0.29) is 0 Å². The first-order valence-corrected chi connectivity index (χ1v) is 7.84. The summed E-state index contributed by atoms with van der Waals surface area (Å²) < 4.78 is 11.4. The molecule has 2 rings (SSSR count). The number of carbonyl (C=O) groups is 1. The van der Waals surface area contributed by atoms with Crippen molar-refractivity contribution >= 4 is 18.0 Å². The Kier molecular flexibility index (Phi) is 5.58. The number of thioether (sulfide) groups is 1. The van der Waals surface area contributed by atoms with E-state index in [0.29, 0.717) is 12.5 Å². The summed E-state index contributed by atoms with van der Waals surface area (Å²) in [6.07, 6.45) is 4.73. The van der Waals surface area contributed by atoms with Crippen LogP contribution in [-0.2, 0) is 11.2 Å². The van der Waals surface area contributed by atoms with E-state index in [1.54, 1.807) is 7.11 Å². The Hall–Kier alpha value is -1.16. The summed E-state index contributed by atoms with van der Waals surface area (Å²) in [6, 6.07) is 5.94. The largest absolute Gasteiger partial charge is 0.493 e. The summed E-state index contributed by atoms with van der Waals surface area (Å²) in [5.74, 6) is 3.92. The standard InChI is InChI=1S/C15H20O3S/c1-17-15-11-12(3-2-8-16)4-5-14(15)18-13-6-9-19-10-7-13/h4-5,8,11,13H,2-3,6-7,9-10H2,1H3. The van der Waals surface area contributed by atoms with E-state index in [2.05, 4.69) is 0 Å². The first-order chi connectivity index (χ1) is 9.33. The lowest BCUT2D eigenvalue weighted by Crippen LogP contribution is -2.22. The lowest BCUT2D eigenvalue weighted by molar-refractivity contribution is -0.107. The Balaban J connectivity index is 2.04. The van der Waals surface area contributed by atoms with Crippen LogP contribution in [0.3, 0.4) is 0 Å². The summed E-state index contributed by atoms with van der Waals surface area (Å²) in [6.45, 7) is 0. The van der Waals surface area contributed by atoms with Gasteiger partial charge >= 0.3 is 0 Å². The van der Waals surface area contributed by atoms with Gasteiger partial charge in [0.05, 0.1) is 7.11 Å². The van der Waals surface area contributed by atoms with Gasteiger partial charge in [0.1, 0.15) is 12.4 Å². The summed E-state index contributed by atoms with van der Waals surface area (Å²) in [5, 5.41) is 0. The van der Waals surface area contributed by atoms with Gasteiger partial charge < -0.3 is 14.3 Å². The lowest BCUT2D eigenvalue weighted by atomic mass is 10.1. The number of hydrogen-bond acceptors (Lipinski definition) is 4. The Morgan fingerprint density at radius 3 is 2.79 bits per heavy atom. The molecule has 1 saturated heterocycles. The average Bonchev–Trinajstić information content (AvgIpc) is 2.47. The first kappa shape index (κ1) is 14.3. The van der Waals surface area contributed by atoms with Crippen LogP contribution in [-0.4, -0.2) is 31.0 Å². The number of ether oxygens (including phenoxy) is 2. The van der Waals surface area contributed by atoms with Crippen molar-refractivity contribution in [2.24, 2.45) is 0 Å². The molecule has 0 atom stereocenters. The van der Waals surface area contributed by atoms with Gasteiger partial charge in [-0.1, -0.05) is 6.07 Å². The van der Waals surface area contributed by atoms with Crippen LogP contribution in [0.1, 0.15) is 24.8 Å². The van der Waals surface area contributed by atoms with Crippen LogP contribution in [0.4, 0.5) is 0 Å². The highest BCUT2D eigenvalue weighted by Gasteiger charge is 2.17. The molecule has 0 radical (unpaired) electrons. The predicted molar refractivity (Wildman–Crippen MR) is 78.4 cm³/mol. The van der Waals surface area contributed by atoms with Crippen LogP contribution in [0.2, 0.25) is 0 Å². The molecular weight excluding hydrogens is 260 g/mol. The molecule has 1 aromatic carbocycles. The topological polar surface area (TPSA) is 35.5 Å². The Morgan fingerprint density at radius 1 is 1.32 bits per heavy atom. The van der Waals surface area contributed by atoms with Gasteiger partial charge in [-0.2, -0.15) is 11.8 Å². The summed E-state index contributed by atoms with van der Waals surface area (Å²) >= 11 is 1.99. The molecular formula is C15H20O3S. The highest BCUT2D eigenvalue weighted by molar-refractivity contribution is 7.99. The minimum absolute atomic E-state index is 0.302. The fourth-order valence-corrected chi connectivity index (χ4v) is 3.23. The zero-order chi connectivity index (χ0) is 13.5. The highest BCUT2D eigenvalue weighted by Crippen LogP contribution is 2.31. The maximum absolute atomic E-state index is 10.4. The fraction of sp³-hybridized carbons (Fsp3) is 0.533. The molecule has 1 aliphatic rings. The third kappa shape index (κ3) is 4.16. The van der Waals surface area contributed by atoms with Crippen molar-refractivity contribution in [3.8, 4) is 11.5 Å². The van der Waals surface area contributed by atoms with Gasteiger partial charge in [-0.3, -0.25) is 0 Å². The molecule has 0 N–H and O–H groups in total. The molecule has 1 aliphatic heterocycles. The van der Waals surface area contributed by atoms with Crippen LogP contribution < -0.4 is 9.47 Å². The van der Waals surface area contributed by atoms with Crippen LogP contribution in [0.25, 0.3) is 0 Å². The maximum atomic E-state index is 10.4. The molecule has 0 aromatic heterocycles. The van der Waals surface area contributed by atoms with Crippen LogP contribution >= 0.6 is 11.8 Å². The van der Waals surface area contributed by atoms with Crippen molar-refractivity contribution in [1.29, 1.82) is 0 Å². The molecule has 1 heterocycles. The van der Waals surface area contributed by atoms with Crippen molar-refractivity contribution in [3.63, 3.8) is 0 Å². The third-order valence-electron chi connectivity index (χ3n) is 3.24. The van der Waals surface area contributed by atoms with Gasteiger partial charge in [0.25, 0.3) is 0 Å². The molecule has 4 heteroatoms. The van der Waals surface area contributed by atoms with Gasteiger partial charge in [0.2, 0.25) is 0 Å². The minimum atomic E-state index is 0.302. The van der Waals surface area contributed by atoms with Crippen LogP contribution in [0.5, 0.6) is 11.5 Å². The molecule has 0 unspecified atom stereocenters. The minimum Gasteiger partial charge on any atom is -0.493 e. The van der Waals surface area contributed by atoms with Gasteiger partial charge in [-0.25, -0.2) is 0 Å². The SMILES string of the molecule is COc1cc(CCC=O)ccc1OC1CCSCC1. The molecule has 0 amide bonds. The fourth-order valence-electron chi connectivity index (χ4n) is 2.16. The molecule has 104 valence electrons. The van der Waals surface area contributed by atoms with E-state index in [1.807, 2.05) is 30.0 Å². The normalized spacial score (nSPS) is 16.1. The van der Waals surface area contributed by atoms with Crippen molar-refractivity contribution in [3.05, 3.63) is 23.8 Å². The molecule has 0 bridgehead atoms. The van der Waals surface area contributed by atoms with Gasteiger partial charge in [0.15, 0.2) is 11.5 Å². The van der Waals surface area contributed by atoms with E-state index in [0.717, 1.165) is 42.6 Å². The van der Waals surface area contributed by atoms with Crippen molar-refractivity contribution < 1.29 is 14.3 Å². The molecule has 0 spiro atoms. The quantitative estimate of drug-likeness (QED) is 0.750. The third-order valence-corrected chi connectivity index (χ3v) is 4.29. The number of benzene rings is 1. The summed E-state index contributed by atoms with van der Waals surface area (Å²) in [5.41, 5.74) is 1.11. The number of rotatable bonds is 6. The Bertz CT molecular complexity index is 414. The zero-order valence-corrected chi connectivity index (χ0v) is 12.1. The van der Waals surface area contributed by atoms with E-state index >= 15 is 0 Å². The average molecular weight is 280 g/mol. The Morgan fingerprint density at radius 2 is 2.11 bits per heavy atom. The molecule has 1 fully saturated rings. The second-order valence-electron chi connectivity index (χ2n) is 4.62. The van der Waals surface area contributed by atoms with E-state index in [4.69, 9.17) is 9.47 Å². The van der Waals surface area contributed by atoms with Gasteiger partial charge in [-0.05, 0) is 48.5 Å². The second kappa shape index (κ2) is 7.43. The number of carbonyl (C=O) groups excluding carboxylic acids is 1. The molecule has 19 heavy (non-hydrogen) atoms. The molecule has 1 aromatic rings. The number of aryl methyl sites for hydroxylation is 1. The maximum Gasteiger partial charge on any atom is 0.161 e. The first-order valence-electron chi connectivity index (χ1n) is 6.68. The molecule has 0 saturated carbocycles. The zero-order valence-electron chi connectivity index (χ0n) is 11.3. The van der Waals surface area contributed by atoms with Crippen LogP contribution in [0.15, 0.2) is 18.2 Å². The number of methoxy groups -OCH3 is 1. The summed E-state index contributed by atoms with van der Waals surface area (Å²) in [7, 11) is 1.66. The smallest absolute Gasteiger partial charge is 0.161 e. The van der Waals surface area contributed by atoms with Gasteiger partial charge in [-0.15, -0.1) is 0 Å². The monoisotopic (exact) mass is 280 g/mol. The molecule has 0 aliphatic carbocycles.